The maximum atomic E-state index is 14.5. The molecule has 218 valence electrons. The second-order valence-electron chi connectivity index (χ2n) is 9.42. The Kier molecular flexibility index (Phi) is 8.98. The van der Waals surface area contributed by atoms with E-state index in [1.165, 1.54) is 25.3 Å². The molecule has 0 fully saturated rings. The van der Waals surface area contributed by atoms with E-state index in [0.717, 1.165) is 22.5 Å². The van der Waals surface area contributed by atoms with E-state index in [0.29, 0.717) is 23.6 Å². The molecule has 41 heavy (non-hydrogen) atoms. The molecule has 0 amide bonds. The largest absolute Gasteiger partial charge is 0.486 e. The highest BCUT2D eigenvalue weighted by Gasteiger charge is 2.37. The fourth-order valence-corrected chi connectivity index (χ4v) is 6.39. The maximum Gasteiger partial charge on any atom is 0.416 e. The first-order chi connectivity index (χ1) is 19.3. The van der Waals surface area contributed by atoms with Gasteiger partial charge in [0, 0.05) is 12.0 Å². The van der Waals surface area contributed by atoms with Crippen molar-refractivity contribution in [2.24, 2.45) is 0 Å². The van der Waals surface area contributed by atoms with Gasteiger partial charge in [0.25, 0.3) is 10.0 Å². The molecule has 1 aliphatic heterocycles. The highest BCUT2D eigenvalue weighted by molar-refractivity contribution is 7.92. The van der Waals surface area contributed by atoms with Crippen LogP contribution in [0.3, 0.4) is 0 Å². The average molecular weight is 612 g/mol. The van der Waals surface area contributed by atoms with Gasteiger partial charge in [0.2, 0.25) is 0 Å². The molecular weight excluding hydrogens is 586 g/mol. The number of carbonyl (C=O) groups excluding carboxylic acids is 1. The Hall–Kier alpha value is -3.57. The van der Waals surface area contributed by atoms with Crippen LogP contribution in [0, 0.1) is 5.82 Å². The molecule has 0 N–H and O–H groups in total. The van der Waals surface area contributed by atoms with Crippen molar-refractivity contribution in [1.82, 2.24) is 0 Å². The lowest BCUT2D eigenvalue weighted by Crippen LogP contribution is -2.43. The number of anilines is 1. The minimum absolute atomic E-state index is 0.0885. The predicted octanol–water partition coefficient (Wildman–Crippen LogP) is 7.36. The normalized spacial score (nSPS) is 15.7. The van der Waals surface area contributed by atoms with Crippen LogP contribution in [0.15, 0.2) is 65.6 Å². The van der Waals surface area contributed by atoms with Crippen LogP contribution in [0.2, 0.25) is 5.02 Å². The van der Waals surface area contributed by atoms with Crippen molar-refractivity contribution in [3.8, 4) is 5.75 Å². The van der Waals surface area contributed by atoms with Gasteiger partial charge in [0.15, 0.2) is 0 Å². The molecule has 3 aromatic rings. The number of allylic oxidation sites excluding steroid dienone is 1. The molecule has 0 unspecified atom stereocenters. The summed E-state index contributed by atoms with van der Waals surface area (Å²) in [4.78, 5) is 11.0. The summed E-state index contributed by atoms with van der Waals surface area (Å²) in [5.41, 5.74) is 0.140. The highest BCUT2D eigenvalue weighted by atomic mass is 35.5. The van der Waals surface area contributed by atoms with Gasteiger partial charge in [-0.3, -0.25) is 9.10 Å². The molecule has 0 spiro atoms. The van der Waals surface area contributed by atoms with E-state index in [4.69, 9.17) is 16.3 Å². The minimum atomic E-state index is -4.74. The summed E-state index contributed by atoms with van der Waals surface area (Å²) in [5.74, 6) is -0.777. The van der Waals surface area contributed by atoms with E-state index < -0.39 is 44.5 Å². The summed E-state index contributed by atoms with van der Waals surface area (Å²) in [6, 6.07) is 12.5. The molecule has 0 radical (unpaired) electrons. The van der Waals surface area contributed by atoms with Crippen molar-refractivity contribution >= 4 is 44.9 Å². The summed E-state index contributed by atoms with van der Waals surface area (Å²) in [7, 11) is -3.23. The van der Waals surface area contributed by atoms with Crippen molar-refractivity contribution in [2.45, 2.75) is 43.4 Å². The predicted molar refractivity (Wildman–Crippen MR) is 148 cm³/mol. The second-order valence-corrected chi connectivity index (χ2v) is 11.7. The van der Waals surface area contributed by atoms with Crippen LogP contribution in [0.5, 0.6) is 5.75 Å². The number of benzene rings is 3. The second kappa shape index (κ2) is 12.1. The average Bonchev–Trinajstić information content (AvgIpc) is 2.92. The van der Waals surface area contributed by atoms with Crippen LogP contribution in [-0.2, 0) is 25.7 Å². The number of nitrogens with zero attached hydrogens (tertiary/aromatic N) is 1. The number of methoxy groups -OCH3 is 1. The molecular formula is C29H26ClF4NO5S. The molecule has 1 heterocycles. The van der Waals surface area contributed by atoms with E-state index in [2.05, 4.69) is 4.74 Å². The molecule has 1 atom stereocenters. The van der Waals surface area contributed by atoms with Crippen molar-refractivity contribution in [3.05, 3.63) is 88.2 Å². The van der Waals surface area contributed by atoms with Crippen molar-refractivity contribution in [1.29, 1.82) is 0 Å². The molecule has 3 aromatic carbocycles. The molecule has 0 saturated heterocycles. The van der Waals surface area contributed by atoms with Gasteiger partial charge < -0.3 is 9.47 Å². The summed E-state index contributed by atoms with van der Waals surface area (Å²) in [6.07, 6.45) is -3.10. The van der Waals surface area contributed by atoms with Crippen LogP contribution in [0.1, 0.15) is 42.9 Å². The monoisotopic (exact) mass is 611 g/mol. The Labute approximate surface area is 240 Å². The van der Waals surface area contributed by atoms with E-state index >= 15 is 0 Å². The topological polar surface area (TPSA) is 72.9 Å². The molecule has 6 nitrogen and oxygen atoms in total. The fourth-order valence-electron chi connectivity index (χ4n) is 4.53. The molecule has 12 heteroatoms. The fraction of sp³-hybridized carbons (Fsp3) is 0.276. The number of alkyl halides is 3. The van der Waals surface area contributed by atoms with Crippen LogP contribution >= 0.6 is 11.6 Å². The molecule has 0 bridgehead atoms. The van der Waals surface area contributed by atoms with Crippen LogP contribution in [0.25, 0.3) is 11.6 Å². The number of carbonyl (C=O) groups is 1. The molecule has 1 aliphatic rings. The van der Waals surface area contributed by atoms with Gasteiger partial charge in [-0.25, -0.2) is 12.8 Å². The quantitative estimate of drug-likeness (QED) is 0.151. The number of halogens is 5. The zero-order valence-corrected chi connectivity index (χ0v) is 23.6. The number of hydrogen-bond donors (Lipinski definition) is 0. The van der Waals surface area contributed by atoms with Crippen molar-refractivity contribution in [2.75, 3.05) is 18.0 Å². The van der Waals surface area contributed by atoms with E-state index in [-0.39, 0.29) is 41.4 Å². The number of hydrogen-bond acceptors (Lipinski definition) is 5. The van der Waals surface area contributed by atoms with Gasteiger partial charge in [0.1, 0.15) is 17.7 Å². The molecule has 0 aromatic heterocycles. The van der Waals surface area contributed by atoms with Crippen LogP contribution in [0.4, 0.5) is 23.2 Å². The SMILES string of the molecule is COC(=O)CCC[C@H]1CN(S(=O)(=O)c2cccc(C(F)(F)F)c2)c2cc(/C=C(\C)c3c(F)cccc3Cl)ccc2O1. The minimum Gasteiger partial charge on any atom is -0.486 e. The smallest absolute Gasteiger partial charge is 0.416 e. The third kappa shape index (κ3) is 6.84. The number of ether oxygens (including phenoxy) is 2. The number of sulfonamides is 1. The zero-order valence-electron chi connectivity index (χ0n) is 22.0. The van der Waals surface area contributed by atoms with Gasteiger partial charge in [0.05, 0.1) is 34.8 Å². The Morgan fingerprint density at radius 3 is 2.56 bits per heavy atom. The Bertz CT molecular complexity index is 1570. The van der Waals surface area contributed by atoms with Gasteiger partial charge in [-0.05, 0) is 73.4 Å². The molecule has 0 saturated carbocycles. The van der Waals surface area contributed by atoms with Gasteiger partial charge in [-0.15, -0.1) is 0 Å². The van der Waals surface area contributed by atoms with E-state index in [9.17, 15) is 30.8 Å². The molecule has 4 rings (SSSR count). The van der Waals surface area contributed by atoms with Crippen LogP contribution < -0.4 is 9.04 Å². The maximum absolute atomic E-state index is 14.5. The van der Waals surface area contributed by atoms with Gasteiger partial charge in [-0.1, -0.05) is 35.9 Å². The summed E-state index contributed by atoms with van der Waals surface area (Å²) in [6.45, 7) is 1.44. The lowest BCUT2D eigenvalue weighted by atomic mass is 10.0. The van der Waals surface area contributed by atoms with E-state index in [1.54, 1.807) is 31.2 Å². The van der Waals surface area contributed by atoms with Crippen molar-refractivity contribution < 1.29 is 40.2 Å². The van der Waals surface area contributed by atoms with E-state index in [1.807, 2.05) is 0 Å². The van der Waals surface area contributed by atoms with Crippen molar-refractivity contribution in [3.63, 3.8) is 0 Å². The molecule has 0 aliphatic carbocycles. The Balaban J connectivity index is 1.76. The first kappa shape index (κ1) is 30.4. The van der Waals surface area contributed by atoms with Gasteiger partial charge in [-0.2, -0.15) is 13.2 Å². The van der Waals surface area contributed by atoms with Crippen LogP contribution in [-0.4, -0.2) is 34.1 Å². The standard InChI is InChI=1S/C29H26ClF4NO5S/c1-18(28-23(30)9-5-10-24(28)31)14-19-12-13-26-25(15-19)35(17-21(40-26)7-4-11-27(36)39-2)41(37,38)22-8-3-6-20(16-22)29(32,33)34/h3,5-6,8-10,12-16,21H,4,7,11,17H2,1-2H3/b18-14+/t21-/m0/s1. The Morgan fingerprint density at radius 2 is 1.88 bits per heavy atom. The Morgan fingerprint density at radius 1 is 1.15 bits per heavy atom. The number of fused-ring (bicyclic) bond motifs is 1. The number of rotatable bonds is 8. The lowest BCUT2D eigenvalue weighted by Gasteiger charge is -2.36. The lowest BCUT2D eigenvalue weighted by molar-refractivity contribution is -0.141. The highest BCUT2D eigenvalue weighted by Crippen LogP contribution is 2.40. The summed E-state index contributed by atoms with van der Waals surface area (Å²) >= 11 is 6.19. The summed E-state index contributed by atoms with van der Waals surface area (Å²) < 4.78 is 93.9. The number of esters is 1. The third-order valence-corrected chi connectivity index (χ3v) is 8.63. The van der Waals surface area contributed by atoms with Gasteiger partial charge >= 0.3 is 12.1 Å². The first-order valence-electron chi connectivity index (χ1n) is 12.5. The summed E-state index contributed by atoms with van der Waals surface area (Å²) in [5, 5.41) is 0.198. The third-order valence-electron chi connectivity index (χ3n) is 6.54. The zero-order chi connectivity index (χ0) is 29.9. The first-order valence-corrected chi connectivity index (χ1v) is 14.3.